The van der Waals surface area contributed by atoms with E-state index in [4.69, 9.17) is 31.5 Å². The summed E-state index contributed by atoms with van der Waals surface area (Å²) in [5.41, 5.74) is 1.33. The van der Waals surface area contributed by atoms with Crippen LogP contribution >= 0.6 is 12.2 Å². The predicted molar refractivity (Wildman–Crippen MR) is 289 cm³/mol. The van der Waals surface area contributed by atoms with Gasteiger partial charge in [-0.2, -0.15) is 0 Å². The molecule has 2 rings (SSSR count). The summed E-state index contributed by atoms with van der Waals surface area (Å²) >= 11 is 5.07. The first-order valence-corrected chi connectivity index (χ1v) is 26.3. The number of benzene rings is 2. The number of ketones is 3. The number of ether oxygens (including phenoxy) is 4. The monoisotopic (exact) mass is 1170 g/mol. The van der Waals surface area contributed by atoms with Gasteiger partial charge in [0.15, 0.2) is 17.1 Å². The molecular weight excluding hydrogens is 1100 g/mol. The summed E-state index contributed by atoms with van der Waals surface area (Å²) in [5.74, 6) is -8.58. The van der Waals surface area contributed by atoms with Gasteiger partial charge in [0.1, 0.15) is 37.2 Å². The average molecular weight is 1170 g/mol. The van der Waals surface area contributed by atoms with E-state index in [0.29, 0.717) is 11.1 Å². The van der Waals surface area contributed by atoms with Crippen LogP contribution in [0.3, 0.4) is 0 Å². The van der Waals surface area contributed by atoms with Crippen LogP contribution in [0.4, 0.5) is 0 Å². The Balaban J connectivity index is 2.13. The zero-order valence-corrected chi connectivity index (χ0v) is 45.8. The number of carbonyl (C=O) groups is 13. The number of amides is 2. The minimum atomic E-state index is -1.34. The van der Waals surface area contributed by atoms with Crippen molar-refractivity contribution in [1.82, 2.24) is 36.0 Å². The molecule has 2 aromatic rings. The van der Waals surface area contributed by atoms with Crippen molar-refractivity contribution in [3.8, 4) is 0 Å². The zero-order chi connectivity index (χ0) is 60.7. The topological polar surface area (TPSA) is 398 Å². The summed E-state index contributed by atoms with van der Waals surface area (Å²) in [6.07, 6.45) is -4.16. The number of carboxylic acid groups (broad SMARTS) is 4. The average Bonchev–Trinajstić information content (AvgIpc) is 3.45. The second-order valence-electron chi connectivity index (χ2n) is 18.6. The highest BCUT2D eigenvalue weighted by Crippen LogP contribution is 2.18. The molecule has 0 aliphatic carbocycles. The molecule has 0 aliphatic rings. The van der Waals surface area contributed by atoms with Gasteiger partial charge in [-0.25, -0.2) is 4.79 Å². The molecule has 0 fully saturated rings. The number of Topliss-reactive ketones (excluding diaryl/α,β-unsaturated/α-hetero) is 3. The molecule has 2 unspecified atom stereocenters. The summed E-state index contributed by atoms with van der Waals surface area (Å²) in [7, 11) is 0. The van der Waals surface area contributed by atoms with Crippen molar-refractivity contribution in [2.75, 3.05) is 65.8 Å². The largest absolute Gasteiger partial charge is 0.481 e. The number of nitrogens with zero attached hydrogens (tertiary/aromatic N) is 3. The van der Waals surface area contributed by atoms with Crippen LogP contribution in [0.5, 0.6) is 0 Å². The van der Waals surface area contributed by atoms with Crippen LogP contribution in [0.1, 0.15) is 75.3 Å². The number of nitrogens with one attached hydrogen (secondary N) is 4. The lowest BCUT2D eigenvalue weighted by Gasteiger charge is -2.28. The van der Waals surface area contributed by atoms with Gasteiger partial charge < -0.3 is 60.6 Å². The first kappa shape index (κ1) is 69.8. The lowest BCUT2D eigenvalue weighted by Crippen LogP contribution is -2.49. The summed E-state index contributed by atoms with van der Waals surface area (Å²) in [4.78, 5) is 162. The van der Waals surface area contributed by atoms with Crippen molar-refractivity contribution in [2.45, 2.75) is 101 Å². The summed E-state index contributed by atoms with van der Waals surface area (Å²) in [6, 6.07) is 14.9. The third-order valence-electron chi connectivity index (χ3n) is 12.2. The maximum Gasteiger partial charge on any atom is 0.326 e. The lowest BCUT2D eigenvalue weighted by molar-refractivity contribution is -0.144. The molecule has 28 nitrogen and oxygen atoms in total. The van der Waals surface area contributed by atoms with E-state index in [2.05, 4.69) is 26.0 Å². The van der Waals surface area contributed by atoms with E-state index >= 15 is 0 Å². The molecular formula is C53H71N7O21S. The zero-order valence-electron chi connectivity index (χ0n) is 45.0. The highest BCUT2D eigenvalue weighted by Gasteiger charge is 2.31. The van der Waals surface area contributed by atoms with E-state index in [9.17, 15) is 77.6 Å². The second kappa shape index (κ2) is 40.8. The quantitative estimate of drug-likeness (QED) is 0.0138. The maximum absolute atomic E-state index is 14.4. The van der Waals surface area contributed by atoms with Gasteiger partial charge in [-0.3, -0.25) is 72.2 Å². The van der Waals surface area contributed by atoms with Gasteiger partial charge in [0.05, 0.1) is 32.1 Å². The molecule has 82 heavy (non-hydrogen) atoms. The SMILES string of the molecule is O=COCN(CCN(CCN(COC=O)CC(=O)CC(Cc1ccccc1)C(=O)NC(Cc1ccccc1)C(=O)C[C@H](CCC(=O)NCCCC(=O)CC[C@H](NC(=S)N[C@@H](CCC(=O)O)OC=O)C(=O)O)OC=O)CC(=O)O)CC(=O)O. The van der Waals surface area contributed by atoms with Crippen molar-refractivity contribution in [3.05, 3.63) is 71.8 Å². The lowest BCUT2D eigenvalue weighted by atomic mass is 9.91. The third kappa shape index (κ3) is 32.1. The molecule has 0 aliphatic heterocycles. The molecule has 0 bridgehead atoms. The molecule has 0 aromatic heterocycles. The number of rotatable bonds is 49. The molecule has 8 N–H and O–H groups in total. The van der Waals surface area contributed by atoms with Gasteiger partial charge in [0.2, 0.25) is 11.8 Å². The molecule has 0 spiro atoms. The Morgan fingerprint density at radius 3 is 1.66 bits per heavy atom. The Labute approximate surface area is 477 Å². The van der Waals surface area contributed by atoms with E-state index < -0.39 is 104 Å². The van der Waals surface area contributed by atoms with Crippen LogP contribution in [0.15, 0.2) is 60.7 Å². The Bertz CT molecular complexity index is 2410. The van der Waals surface area contributed by atoms with Crippen molar-refractivity contribution in [3.63, 3.8) is 0 Å². The normalized spacial score (nSPS) is 12.7. The molecule has 29 heteroatoms. The van der Waals surface area contributed by atoms with Crippen LogP contribution in [0, 0.1) is 5.92 Å². The number of hydrogen-bond acceptors (Lipinski definition) is 21. The highest BCUT2D eigenvalue weighted by molar-refractivity contribution is 7.80. The predicted octanol–water partition coefficient (Wildman–Crippen LogP) is -0.324. The van der Waals surface area contributed by atoms with Crippen LogP contribution in [-0.2, 0) is 94.1 Å². The number of hydrogen-bond donors (Lipinski definition) is 8. The fraction of sp³-hybridized carbons (Fsp3) is 0.509. The third-order valence-corrected chi connectivity index (χ3v) is 12.4. The molecule has 0 radical (unpaired) electrons. The smallest absolute Gasteiger partial charge is 0.326 e. The van der Waals surface area contributed by atoms with E-state index in [1.807, 2.05) is 0 Å². The Morgan fingerprint density at radius 1 is 0.549 bits per heavy atom. The summed E-state index contributed by atoms with van der Waals surface area (Å²) in [5, 5.41) is 47.6. The van der Waals surface area contributed by atoms with Gasteiger partial charge in [0, 0.05) is 77.2 Å². The molecule has 0 saturated heterocycles. The van der Waals surface area contributed by atoms with Crippen molar-refractivity contribution in [2.24, 2.45) is 5.92 Å². The van der Waals surface area contributed by atoms with E-state index in [0.717, 1.165) is 0 Å². The Morgan fingerprint density at radius 2 is 1.11 bits per heavy atom. The fourth-order valence-electron chi connectivity index (χ4n) is 8.08. The summed E-state index contributed by atoms with van der Waals surface area (Å²) < 4.78 is 19.6. The first-order chi connectivity index (χ1) is 39.2. The summed E-state index contributed by atoms with van der Waals surface area (Å²) in [6.45, 7) is -1.71. The number of carboxylic acids is 4. The minimum absolute atomic E-state index is 0.00484. The maximum atomic E-state index is 14.4. The molecule has 0 heterocycles. The number of thiocarbonyl (C=S) groups is 1. The molecule has 2 amide bonds. The van der Waals surface area contributed by atoms with Gasteiger partial charge in [0.25, 0.3) is 25.9 Å². The van der Waals surface area contributed by atoms with Gasteiger partial charge in [-0.1, -0.05) is 60.7 Å². The minimum Gasteiger partial charge on any atom is -0.481 e. The Hall–Kier alpha value is -8.28. The van der Waals surface area contributed by atoms with Gasteiger partial charge in [-0.15, -0.1) is 0 Å². The van der Waals surface area contributed by atoms with Crippen LogP contribution in [0.2, 0.25) is 0 Å². The fourth-order valence-corrected chi connectivity index (χ4v) is 8.36. The molecule has 450 valence electrons. The Kier molecular flexibility index (Phi) is 34.8. The number of carbonyl (C=O) groups excluding carboxylic acids is 9. The van der Waals surface area contributed by atoms with Crippen LogP contribution in [-0.4, -0.2) is 209 Å². The van der Waals surface area contributed by atoms with Gasteiger partial charge >= 0.3 is 23.9 Å². The van der Waals surface area contributed by atoms with Gasteiger partial charge in [-0.05, 0) is 55.4 Å². The first-order valence-electron chi connectivity index (χ1n) is 25.9. The van der Waals surface area contributed by atoms with Crippen LogP contribution < -0.4 is 21.3 Å². The van der Waals surface area contributed by atoms with Crippen molar-refractivity contribution in [1.29, 1.82) is 0 Å². The molecule has 0 saturated carbocycles. The molecule has 2 aromatic carbocycles. The number of aliphatic carboxylic acids is 4. The second-order valence-corrected chi connectivity index (χ2v) is 19.0. The van der Waals surface area contributed by atoms with Crippen molar-refractivity contribution >= 4 is 96.3 Å². The van der Waals surface area contributed by atoms with E-state index in [-0.39, 0.29) is 153 Å². The standard InChI is InChI=1S/C53H71N7O21S/c61-33-78-31-59(22-20-58(29-49(71)72)21-23-60(30-50(73)74)32-79-34-62)28-41(66)26-39(24-37-8-3-1-4-9-37)51(75)55-44(25-38-10-5-2-6-11-38)45(67)27-42(80-35-63)14-16-46(68)54-19-7-12-40(65)13-15-43(52(76)77)56-53(82)57-47(81-36-64)17-18-48(69)70/h1-6,8-11,33-36,39,42-44,47H,7,12-32H2,(H,54,68)(H,55,75)(H,69,70)(H,71,72)(H,73,74)(H,76,77)(H2,56,57,82)/t39?,42-,43-,44?,47+/m0/s1. The molecule has 5 atom stereocenters. The highest BCUT2D eigenvalue weighted by atomic mass is 32.1. The van der Waals surface area contributed by atoms with E-state index in [1.165, 1.54) is 14.7 Å². The van der Waals surface area contributed by atoms with E-state index in [1.54, 1.807) is 60.7 Å². The van der Waals surface area contributed by atoms with Crippen LogP contribution in [0.25, 0.3) is 0 Å². The van der Waals surface area contributed by atoms with Crippen molar-refractivity contribution < 1.29 is 102 Å².